The summed E-state index contributed by atoms with van der Waals surface area (Å²) in [5.74, 6) is 0.277. The standard InChI is InChI=1S/C15H25NO2S/c1-9(2)7-14(15(17)18-6)16-11(4)13-8-10(3)19-12(13)5/h8-9,11,14,16H,7H2,1-6H3. The highest BCUT2D eigenvalue weighted by molar-refractivity contribution is 7.12. The summed E-state index contributed by atoms with van der Waals surface area (Å²) >= 11 is 1.80. The predicted octanol–water partition coefficient (Wildman–Crippen LogP) is 3.60. The molecule has 0 aliphatic carbocycles. The largest absolute Gasteiger partial charge is 0.468 e. The number of carbonyl (C=O) groups is 1. The van der Waals surface area contributed by atoms with E-state index in [2.05, 4.69) is 46.0 Å². The quantitative estimate of drug-likeness (QED) is 0.811. The molecule has 0 saturated heterocycles. The molecule has 2 unspecified atom stereocenters. The summed E-state index contributed by atoms with van der Waals surface area (Å²) in [4.78, 5) is 14.4. The molecule has 4 heteroatoms. The third-order valence-corrected chi connectivity index (χ3v) is 4.17. The molecule has 2 atom stereocenters. The molecular weight excluding hydrogens is 258 g/mol. The van der Waals surface area contributed by atoms with Crippen LogP contribution in [0.25, 0.3) is 0 Å². The van der Waals surface area contributed by atoms with Crippen molar-refractivity contribution in [2.24, 2.45) is 5.92 Å². The number of thiophene rings is 1. The maximum absolute atomic E-state index is 11.8. The highest BCUT2D eigenvalue weighted by atomic mass is 32.1. The van der Waals surface area contributed by atoms with E-state index in [0.717, 1.165) is 6.42 Å². The number of rotatable bonds is 6. The maximum Gasteiger partial charge on any atom is 0.322 e. The van der Waals surface area contributed by atoms with E-state index in [1.165, 1.54) is 22.4 Å². The fourth-order valence-electron chi connectivity index (χ4n) is 2.32. The van der Waals surface area contributed by atoms with Crippen molar-refractivity contribution in [3.63, 3.8) is 0 Å². The molecule has 1 aromatic heterocycles. The second kappa shape index (κ2) is 7.06. The lowest BCUT2D eigenvalue weighted by Gasteiger charge is -2.23. The summed E-state index contributed by atoms with van der Waals surface area (Å²) in [6, 6.07) is 2.12. The van der Waals surface area contributed by atoms with Crippen LogP contribution in [0.5, 0.6) is 0 Å². The van der Waals surface area contributed by atoms with Gasteiger partial charge in [0.2, 0.25) is 0 Å². The monoisotopic (exact) mass is 283 g/mol. The average Bonchev–Trinajstić information content (AvgIpc) is 2.66. The Kier molecular flexibility index (Phi) is 6.01. The number of aryl methyl sites for hydroxylation is 2. The van der Waals surface area contributed by atoms with Crippen LogP contribution in [0.1, 0.15) is 48.6 Å². The van der Waals surface area contributed by atoms with Crippen LogP contribution in [0.4, 0.5) is 0 Å². The van der Waals surface area contributed by atoms with E-state index in [0.29, 0.717) is 5.92 Å². The summed E-state index contributed by atoms with van der Waals surface area (Å²) in [7, 11) is 1.45. The van der Waals surface area contributed by atoms with Gasteiger partial charge in [-0.2, -0.15) is 0 Å². The lowest BCUT2D eigenvalue weighted by molar-refractivity contribution is -0.143. The van der Waals surface area contributed by atoms with Crippen LogP contribution in [0.15, 0.2) is 6.07 Å². The first-order valence-corrected chi connectivity index (χ1v) is 7.57. The molecule has 3 nitrogen and oxygen atoms in total. The average molecular weight is 283 g/mol. The van der Waals surface area contributed by atoms with Gasteiger partial charge < -0.3 is 4.74 Å². The Morgan fingerprint density at radius 2 is 2.00 bits per heavy atom. The number of esters is 1. The van der Waals surface area contributed by atoms with E-state index >= 15 is 0 Å². The molecule has 0 bridgehead atoms. The number of methoxy groups -OCH3 is 1. The molecule has 0 radical (unpaired) electrons. The van der Waals surface area contributed by atoms with E-state index in [9.17, 15) is 4.79 Å². The first-order chi connectivity index (χ1) is 8.85. The third-order valence-electron chi connectivity index (χ3n) is 3.19. The van der Waals surface area contributed by atoms with Gasteiger partial charge in [0.05, 0.1) is 7.11 Å². The Labute approximate surface area is 120 Å². The normalized spacial score (nSPS) is 14.5. The van der Waals surface area contributed by atoms with Gasteiger partial charge in [-0.05, 0) is 44.7 Å². The minimum Gasteiger partial charge on any atom is -0.468 e. The van der Waals surface area contributed by atoms with Gasteiger partial charge in [0.15, 0.2) is 0 Å². The van der Waals surface area contributed by atoms with Crippen molar-refractivity contribution >= 4 is 17.3 Å². The Balaban J connectivity index is 2.78. The van der Waals surface area contributed by atoms with Gasteiger partial charge in [0, 0.05) is 15.8 Å². The molecule has 0 aliphatic rings. The molecule has 0 spiro atoms. The van der Waals surface area contributed by atoms with E-state index in [-0.39, 0.29) is 18.1 Å². The van der Waals surface area contributed by atoms with E-state index in [1.54, 1.807) is 11.3 Å². The molecule has 1 N–H and O–H groups in total. The van der Waals surface area contributed by atoms with Gasteiger partial charge in [-0.1, -0.05) is 13.8 Å². The zero-order valence-corrected chi connectivity index (χ0v) is 13.6. The molecule has 0 aromatic carbocycles. The van der Waals surface area contributed by atoms with E-state index < -0.39 is 0 Å². The van der Waals surface area contributed by atoms with Crippen molar-refractivity contribution in [2.75, 3.05) is 7.11 Å². The van der Waals surface area contributed by atoms with Crippen molar-refractivity contribution in [3.05, 3.63) is 21.4 Å². The van der Waals surface area contributed by atoms with Crippen LogP contribution in [0.3, 0.4) is 0 Å². The minimum atomic E-state index is -0.236. The molecule has 108 valence electrons. The molecule has 19 heavy (non-hydrogen) atoms. The molecular formula is C15H25NO2S. The summed E-state index contributed by atoms with van der Waals surface area (Å²) in [6.07, 6.45) is 0.791. The molecule has 1 rings (SSSR count). The lowest BCUT2D eigenvalue weighted by atomic mass is 10.0. The SMILES string of the molecule is COC(=O)C(CC(C)C)NC(C)c1cc(C)sc1C. The highest BCUT2D eigenvalue weighted by Gasteiger charge is 2.23. The maximum atomic E-state index is 11.8. The van der Waals surface area contributed by atoms with Crippen LogP contribution in [-0.2, 0) is 9.53 Å². The van der Waals surface area contributed by atoms with Crippen LogP contribution in [-0.4, -0.2) is 19.1 Å². The van der Waals surface area contributed by atoms with Gasteiger partial charge in [-0.15, -0.1) is 11.3 Å². The van der Waals surface area contributed by atoms with Gasteiger partial charge >= 0.3 is 5.97 Å². The van der Waals surface area contributed by atoms with Crippen LogP contribution in [0, 0.1) is 19.8 Å². The van der Waals surface area contributed by atoms with Crippen molar-refractivity contribution in [2.45, 2.75) is 53.1 Å². The van der Waals surface area contributed by atoms with Crippen LogP contribution >= 0.6 is 11.3 Å². The molecule has 0 aliphatic heterocycles. The third kappa shape index (κ3) is 4.62. The van der Waals surface area contributed by atoms with Crippen molar-refractivity contribution in [1.82, 2.24) is 5.32 Å². The highest BCUT2D eigenvalue weighted by Crippen LogP contribution is 2.26. The second-order valence-electron chi connectivity index (χ2n) is 5.46. The molecule has 0 saturated carbocycles. The number of hydrogen-bond donors (Lipinski definition) is 1. The number of ether oxygens (including phenoxy) is 1. The summed E-state index contributed by atoms with van der Waals surface area (Å²) in [6.45, 7) is 10.6. The Hall–Kier alpha value is -0.870. The van der Waals surface area contributed by atoms with Crippen molar-refractivity contribution in [1.29, 1.82) is 0 Å². The fourth-order valence-corrected chi connectivity index (χ4v) is 3.34. The summed E-state index contributed by atoms with van der Waals surface area (Å²) < 4.78 is 4.89. The molecule has 0 amide bonds. The minimum absolute atomic E-state index is 0.160. The lowest BCUT2D eigenvalue weighted by Crippen LogP contribution is -2.40. The number of hydrogen-bond acceptors (Lipinski definition) is 4. The van der Waals surface area contributed by atoms with Gasteiger partial charge in [0.1, 0.15) is 6.04 Å². The van der Waals surface area contributed by atoms with Gasteiger partial charge in [-0.3, -0.25) is 10.1 Å². The predicted molar refractivity (Wildman–Crippen MR) is 80.6 cm³/mol. The topological polar surface area (TPSA) is 38.3 Å². The molecule has 1 heterocycles. The van der Waals surface area contributed by atoms with Crippen molar-refractivity contribution < 1.29 is 9.53 Å². The first kappa shape index (κ1) is 16.2. The van der Waals surface area contributed by atoms with Crippen LogP contribution in [0.2, 0.25) is 0 Å². The second-order valence-corrected chi connectivity index (χ2v) is 6.92. The molecule has 0 fully saturated rings. The summed E-state index contributed by atoms with van der Waals surface area (Å²) in [5.41, 5.74) is 1.28. The zero-order valence-electron chi connectivity index (χ0n) is 12.7. The van der Waals surface area contributed by atoms with Crippen LogP contribution < -0.4 is 5.32 Å². The van der Waals surface area contributed by atoms with E-state index in [4.69, 9.17) is 4.74 Å². The van der Waals surface area contributed by atoms with Crippen molar-refractivity contribution in [3.8, 4) is 0 Å². The number of carbonyl (C=O) groups excluding carboxylic acids is 1. The van der Waals surface area contributed by atoms with Gasteiger partial charge in [-0.25, -0.2) is 0 Å². The van der Waals surface area contributed by atoms with Gasteiger partial charge in [0.25, 0.3) is 0 Å². The Morgan fingerprint density at radius 3 is 2.42 bits per heavy atom. The Bertz CT molecular complexity index is 426. The smallest absolute Gasteiger partial charge is 0.322 e. The Morgan fingerprint density at radius 1 is 1.37 bits per heavy atom. The molecule has 1 aromatic rings. The zero-order chi connectivity index (χ0) is 14.6. The number of nitrogens with one attached hydrogen (secondary N) is 1. The summed E-state index contributed by atoms with van der Waals surface area (Å²) in [5, 5.41) is 3.40. The fraction of sp³-hybridized carbons (Fsp3) is 0.667. The van der Waals surface area contributed by atoms with E-state index in [1.807, 2.05) is 0 Å². The first-order valence-electron chi connectivity index (χ1n) is 6.76.